The number of aliphatic hydroxyl groups is 1. The molecule has 0 radical (unpaired) electrons. The minimum Gasteiger partial charge on any atom is -0.481 e. The van der Waals surface area contributed by atoms with Crippen LogP contribution in [-0.4, -0.2) is 186 Å². The molecule has 0 aliphatic carbocycles. The van der Waals surface area contributed by atoms with Crippen molar-refractivity contribution in [1.29, 1.82) is 0 Å². The van der Waals surface area contributed by atoms with Gasteiger partial charge >= 0.3 is 5.97 Å². The van der Waals surface area contributed by atoms with E-state index >= 15 is 0 Å². The molecule has 0 fully saturated rings. The average molecular weight is 1190 g/mol. The van der Waals surface area contributed by atoms with Gasteiger partial charge in [-0.3, -0.25) is 62.7 Å². The number of fused-ring (bicyclic) bond motifs is 1. The summed E-state index contributed by atoms with van der Waals surface area (Å²) in [6.45, 7) is 6.92. The van der Waals surface area contributed by atoms with Crippen LogP contribution in [0, 0.1) is 11.8 Å². The summed E-state index contributed by atoms with van der Waals surface area (Å²) in [5, 5.41) is 45.7. The quantitative estimate of drug-likeness (QED) is 0.0130. The van der Waals surface area contributed by atoms with E-state index in [1.54, 1.807) is 58.2 Å². The molecule has 1 heterocycles. The number of carboxylic acids is 1. The van der Waals surface area contributed by atoms with Gasteiger partial charge in [0.1, 0.15) is 48.3 Å². The van der Waals surface area contributed by atoms with Crippen molar-refractivity contribution < 1.29 is 63.0 Å². The van der Waals surface area contributed by atoms with Crippen molar-refractivity contribution >= 4 is 100 Å². The Labute approximate surface area is 486 Å². The SMILES string of the molecule is CNC(=O)[C@@H](CCCN=C(N)N)NC(=O)[C@H](CCC(=O)O)NC(=O)[C@@H](CS)NC(=O)[C@H](CC(C)C)NC(=O)[C@@H](CCCN=C(N)N)NC(=O)[C@H](Cc1c[nH]c2ccccc12)NC(=O)CNC(=O)[C@@H](NC(=O)[C@H](NC(=O)CN)C(C)C)[C@H](C)O. The Morgan fingerprint density at radius 3 is 1.61 bits per heavy atom. The van der Waals surface area contributed by atoms with Gasteiger partial charge in [0.05, 0.1) is 19.2 Å². The number of nitrogens with one attached hydrogen (secondary N) is 11. The topological polar surface area (TPSA) is 519 Å². The van der Waals surface area contributed by atoms with Crippen LogP contribution in [0.1, 0.15) is 85.1 Å². The maximum atomic E-state index is 14.5. The summed E-state index contributed by atoms with van der Waals surface area (Å²) >= 11 is 4.25. The molecule has 2 aromatic rings. The summed E-state index contributed by atoms with van der Waals surface area (Å²) in [5.41, 5.74) is 28.5. The number of benzene rings is 1. The molecule has 0 spiro atoms. The average Bonchev–Trinajstić information content (AvgIpc) is 3.87. The molecule has 1 aromatic heterocycles. The van der Waals surface area contributed by atoms with Gasteiger partial charge in [-0.2, -0.15) is 12.6 Å². The lowest BCUT2D eigenvalue weighted by atomic mass is 10.0. The monoisotopic (exact) mass is 1190 g/mol. The van der Waals surface area contributed by atoms with Gasteiger partial charge in [0.25, 0.3) is 0 Å². The molecule has 0 saturated carbocycles. The number of aliphatic hydroxyl groups excluding tert-OH is 1. The number of amides is 10. The fraction of sp³-hybridized carbons (Fsp3) is 0.588. The first-order valence-corrected chi connectivity index (χ1v) is 27.5. The third kappa shape index (κ3) is 25.6. The van der Waals surface area contributed by atoms with Crippen LogP contribution >= 0.6 is 12.6 Å². The van der Waals surface area contributed by atoms with Crippen LogP contribution in [0.3, 0.4) is 0 Å². The zero-order chi connectivity index (χ0) is 62.5. The molecular weight excluding hydrogens is 1100 g/mol. The summed E-state index contributed by atoms with van der Waals surface area (Å²) in [7, 11) is 1.34. The molecule has 0 aliphatic heterocycles. The number of carbonyl (C=O) groups excluding carboxylic acids is 10. The third-order valence-corrected chi connectivity index (χ3v) is 12.9. The van der Waals surface area contributed by atoms with Gasteiger partial charge in [-0.1, -0.05) is 45.9 Å². The Morgan fingerprint density at radius 1 is 0.602 bits per heavy atom. The van der Waals surface area contributed by atoms with Crippen LogP contribution < -0.4 is 81.8 Å². The number of carboxylic acid groups (broad SMARTS) is 1. The number of aliphatic imine (C=N–C) groups is 2. The Balaban J connectivity index is 2.45. The summed E-state index contributed by atoms with van der Waals surface area (Å²) in [4.78, 5) is 158. The van der Waals surface area contributed by atoms with Crippen molar-refractivity contribution in [2.75, 3.05) is 39.0 Å². The van der Waals surface area contributed by atoms with Crippen molar-refractivity contribution in [2.24, 2.45) is 50.5 Å². The van der Waals surface area contributed by atoms with Crippen molar-refractivity contribution in [3.63, 3.8) is 0 Å². The predicted octanol–water partition coefficient (Wildman–Crippen LogP) is -5.61. The number of aliphatic carboxylic acids is 1. The van der Waals surface area contributed by atoms with Crippen LogP contribution in [0.25, 0.3) is 10.9 Å². The lowest BCUT2D eigenvalue weighted by Gasteiger charge is -2.28. The molecule has 31 nitrogen and oxygen atoms in total. The summed E-state index contributed by atoms with van der Waals surface area (Å²) < 4.78 is 0. The number of guanidine groups is 2. The summed E-state index contributed by atoms with van der Waals surface area (Å²) in [5.74, 6) is -11.3. The minimum absolute atomic E-state index is 0.00242. The van der Waals surface area contributed by atoms with Crippen molar-refractivity contribution in [2.45, 2.75) is 140 Å². The molecule has 0 unspecified atom stereocenters. The second kappa shape index (κ2) is 36.3. The Morgan fingerprint density at radius 2 is 1.11 bits per heavy atom. The second-order valence-electron chi connectivity index (χ2n) is 20.2. The molecule has 0 bridgehead atoms. The van der Waals surface area contributed by atoms with E-state index in [0.29, 0.717) is 16.5 Å². The van der Waals surface area contributed by atoms with E-state index < -0.39 is 151 Å². The smallest absolute Gasteiger partial charge is 0.303 e. The minimum atomic E-state index is -1.60. The van der Waals surface area contributed by atoms with Gasteiger partial charge in [-0.15, -0.1) is 0 Å². The zero-order valence-corrected chi connectivity index (χ0v) is 48.4. The molecule has 1 aromatic carbocycles. The predicted molar refractivity (Wildman–Crippen MR) is 310 cm³/mol. The van der Waals surface area contributed by atoms with E-state index in [0.717, 1.165) is 0 Å². The highest BCUT2D eigenvalue weighted by atomic mass is 32.1. The number of carbonyl (C=O) groups is 11. The van der Waals surface area contributed by atoms with Gasteiger partial charge in [0.15, 0.2) is 11.9 Å². The van der Waals surface area contributed by atoms with E-state index in [1.807, 2.05) is 0 Å². The van der Waals surface area contributed by atoms with Gasteiger partial charge in [0, 0.05) is 55.8 Å². The number of nitrogens with two attached hydrogens (primary N) is 5. The molecule has 32 heteroatoms. The highest BCUT2D eigenvalue weighted by molar-refractivity contribution is 7.80. The first-order chi connectivity index (χ1) is 39.1. The van der Waals surface area contributed by atoms with E-state index in [-0.39, 0.29) is 75.2 Å². The Hall–Kier alpha value is -8.26. The zero-order valence-electron chi connectivity index (χ0n) is 47.5. The Kier molecular flexibility index (Phi) is 30.9. The summed E-state index contributed by atoms with van der Waals surface area (Å²) in [6.07, 6.45) is -0.791. The first-order valence-electron chi connectivity index (χ1n) is 26.9. The molecule has 462 valence electrons. The lowest BCUT2D eigenvalue weighted by molar-refractivity contribution is -0.138. The van der Waals surface area contributed by atoms with Gasteiger partial charge < -0.3 is 97.0 Å². The van der Waals surface area contributed by atoms with Gasteiger partial charge in [0.2, 0.25) is 59.1 Å². The van der Waals surface area contributed by atoms with Gasteiger partial charge in [-0.25, -0.2) is 0 Å². The van der Waals surface area contributed by atoms with Crippen LogP contribution in [0.2, 0.25) is 0 Å². The van der Waals surface area contributed by atoms with E-state index in [1.165, 1.54) is 14.0 Å². The largest absolute Gasteiger partial charge is 0.481 e. The number of nitrogens with zero attached hydrogens (tertiary/aromatic N) is 2. The van der Waals surface area contributed by atoms with Crippen LogP contribution in [0.4, 0.5) is 0 Å². The molecule has 2 rings (SSSR count). The maximum Gasteiger partial charge on any atom is 0.303 e. The molecule has 23 N–H and O–H groups in total. The molecule has 83 heavy (non-hydrogen) atoms. The van der Waals surface area contributed by atoms with E-state index in [4.69, 9.17) is 28.7 Å². The number of aromatic nitrogens is 1. The number of thiol groups is 1. The molecular formula is C51H84N18O13S. The lowest BCUT2D eigenvalue weighted by Crippen LogP contribution is -2.60. The van der Waals surface area contributed by atoms with Crippen molar-refractivity contribution in [1.82, 2.24) is 58.2 Å². The first kappa shape index (κ1) is 70.8. The number of H-pyrrole nitrogens is 1. The second-order valence-corrected chi connectivity index (χ2v) is 20.5. The number of rotatable bonds is 37. The fourth-order valence-electron chi connectivity index (χ4n) is 8.18. The van der Waals surface area contributed by atoms with Crippen LogP contribution in [0.5, 0.6) is 0 Å². The summed E-state index contributed by atoms with van der Waals surface area (Å²) in [6, 6.07) is -4.06. The molecule has 0 saturated heterocycles. The van der Waals surface area contributed by atoms with Crippen LogP contribution in [-0.2, 0) is 59.2 Å². The number of aromatic amines is 1. The number of likely N-dealkylation sites (N-methyl/N-ethyl adjacent to an activating group) is 1. The van der Waals surface area contributed by atoms with E-state index in [9.17, 15) is 63.0 Å². The maximum absolute atomic E-state index is 14.5. The highest BCUT2D eigenvalue weighted by Gasteiger charge is 2.35. The normalized spacial score (nSPS) is 14.3. The third-order valence-electron chi connectivity index (χ3n) is 12.5. The number of para-hydroxylation sites is 1. The fourth-order valence-corrected chi connectivity index (χ4v) is 8.44. The molecule has 9 atom stereocenters. The standard InChI is InChI=1S/C51H84N18O13S/c1-25(2)19-34(45(78)67-36(24-83)47(80)65-33(15-16-39(73)74)44(77)63-31(42(75)57-6)13-9-17-58-50(53)54)66-43(76)32(14-10-18-59-51(55)56)64-46(79)35(20-28-22-60-30-12-8-7-11-29(28)30)62-38(72)23-61-48(81)41(27(5)70)69-49(82)40(26(3)4)68-37(71)21-52/h7-8,11-12,22,25-27,31-36,40-41,60,70,83H,9-10,13-21,23-24,52H2,1-6H3,(H,57,75)(H,61,81)(H,62,72)(H,63,77)(H,64,79)(H,65,80)(H,66,76)(H,67,78)(H,68,71)(H,69,82)(H,73,74)(H4,53,54,58)(H4,55,56,59)/t27-,31+,32+,33-,34-,35-,36+,40+,41-/m0/s1. The number of hydrogen-bond acceptors (Lipinski definition) is 16. The molecule has 0 aliphatic rings. The van der Waals surface area contributed by atoms with Gasteiger partial charge in [-0.05, 0) is 68.9 Å². The van der Waals surface area contributed by atoms with Crippen LogP contribution in [0.15, 0.2) is 40.4 Å². The van der Waals surface area contributed by atoms with Crippen molar-refractivity contribution in [3.8, 4) is 0 Å². The van der Waals surface area contributed by atoms with E-state index in [2.05, 4.69) is 80.8 Å². The Bertz CT molecular complexity index is 2610. The number of hydrogen-bond donors (Lipinski definition) is 19. The molecule has 10 amide bonds. The van der Waals surface area contributed by atoms with Crippen molar-refractivity contribution in [3.05, 3.63) is 36.0 Å². The highest BCUT2D eigenvalue weighted by Crippen LogP contribution is 2.20.